The number of hydrogen-bond acceptors (Lipinski definition) is 0. The average molecular weight is 265 g/mol. The van der Waals surface area contributed by atoms with E-state index in [9.17, 15) is 0 Å². The number of halogens is 1. The van der Waals surface area contributed by atoms with Crippen LogP contribution in [0.4, 0.5) is 0 Å². The lowest BCUT2D eigenvalue weighted by Crippen LogP contribution is -2.25. The SMILES string of the molecule is CCCc1ccc(C(Cl)C2(C)CCCCC2)cc1. The Bertz CT molecular complexity index is 360. The minimum atomic E-state index is 0.175. The van der Waals surface area contributed by atoms with Gasteiger partial charge in [-0.15, -0.1) is 11.6 Å². The van der Waals surface area contributed by atoms with Gasteiger partial charge in [0.1, 0.15) is 0 Å². The third-order valence-electron chi connectivity index (χ3n) is 4.42. The Morgan fingerprint density at radius 2 is 1.72 bits per heavy atom. The van der Waals surface area contributed by atoms with E-state index in [1.165, 1.54) is 56.1 Å². The van der Waals surface area contributed by atoms with Crippen LogP contribution in [0.1, 0.15) is 68.9 Å². The fourth-order valence-corrected chi connectivity index (χ4v) is 3.52. The van der Waals surface area contributed by atoms with Gasteiger partial charge in [0.15, 0.2) is 0 Å². The van der Waals surface area contributed by atoms with E-state index in [2.05, 4.69) is 38.1 Å². The van der Waals surface area contributed by atoms with Crippen LogP contribution in [0.5, 0.6) is 0 Å². The first-order valence-electron chi connectivity index (χ1n) is 7.38. The second-order valence-corrected chi connectivity index (χ2v) is 6.51. The molecule has 0 bridgehead atoms. The molecule has 0 nitrogen and oxygen atoms in total. The third kappa shape index (κ3) is 3.09. The zero-order chi connectivity index (χ0) is 13.0. The van der Waals surface area contributed by atoms with Gasteiger partial charge in [-0.05, 0) is 35.8 Å². The second kappa shape index (κ2) is 6.10. The first-order chi connectivity index (χ1) is 8.65. The number of aryl methyl sites for hydroxylation is 1. The Labute approximate surface area is 117 Å². The molecule has 0 N–H and O–H groups in total. The molecule has 1 aromatic carbocycles. The largest absolute Gasteiger partial charge is 0.117 e. The monoisotopic (exact) mass is 264 g/mol. The molecule has 1 aromatic rings. The summed E-state index contributed by atoms with van der Waals surface area (Å²) in [5.74, 6) is 0. The van der Waals surface area contributed by atoms with E-state index in [1.807, 2.05) is 0 Å². The van der Waals surface area contributed by atoms with Crippen molar-refractivity contribution >= 4 is 11.6 Å². The first kappa shape index (κ1) is 13.9. The predicted octanol–water partition coefficient (Wildman–Crippen LogP) is 5.89. The van der Waals surface area contributed by atoms with Crippen LogP contribution in [0.15, 0.2) is 24.3 Å². The van der Waals surface area contributed by atoms with Crippen LogP contribution in [-0.4, -0.2) is 0 Å². The highest BCUT2D eigenvalue weighted by Crippen LogP contribution is 2.49. The Kier molecular flexibility index (Phi) is 4.72. The topological polar surface area (TPSA) is 0 Å². The smallest absolute Gasteiger partial charge is 0.0638 e. The van der Waals surface area contributed by atoms with E-state index in [4.69, 9.17) is 11.6 Å². The van der Waals surface area contributed by atoms with Crippen LogP contribution in [-0.2, 0) is 6.42 Å². The molecule has 18 heavy (non-hydrogen) atoms. The van der Waals surface area contributed by atoms with Gasteiger partial charge in [-0.25, -0.2) is 0 Å². The summed E-state index contributed by atoms with van der Waals surface area (Å²) in [6, 6.07) is 8.98. The standard InChI is InChI=1S/C17H25Cl/c1-3-7-14-8-10-15(11-9-14)16(18)17(2)12-5-4-6-13-17/h8-11,16H,3-7,12-13H2,1-2H3. The van der Waals surface area contributed by atoms with Gasteiger partial charge in [0.2, 0.25) is 0 Å². The van der Waals surface area contributed by atoms with Crippen molar-refractivity contribution in [1.82, 2.24) is 0 Å². The van der Waals surface area contributed by atoms with E-state index >= 15 is 0 Å². The van der Waals surface area contributed by atoms with Crippen LogP contribution in [0.25, 0.3) is 0 Å². The molecule has 1 saturated carbocycles. The van der Waals surface area contributed by atoms with Crippen LogP contribution >= 0.6 is 11.6 Å². The molecule has 100 valence electrons. The van der Waals surface area contributed by atoms with E-state index in [0.29, 0.717) is 5.41 Å². The van der Waals surface area contributed by atoms with Crippen LogP contribution in [0.2, 0.25) is 0 Å². The van der Waals surface area contributed by atoms with Crippen LogP contribution in [0.3, 0.4) is 0 Å². The zero-order valence-electron chi connectivity index (χ0n) is 11.7. The number of rotatable bonds is 4. The summed E-state index contributed by atoms with van der Waals surface area (Å²) in [6.45, 7) is 4.59. The number of alkyl halides is 1. The highest BCUT2D eigenvalue weighted by molar-refractivity contribution is 6.21. The molecule has 1 aliphatic rings. The number of hydrogen-bond donors (Lipinski definition) is 0. The van der Waals surface area contributed by atoms with E-state index in [-0.39, 0.29) is 5.38 Å². The van der Waals surface area contributed by atoms with Gasteiger partial charge in [-0.1, -0.05) is 63.8 Å². The molecule has 1 unspecified atom stereocenters. The van der Waals surface area contributed by atoms with Crippen molar-refractivity contribution < 1.29 is 0 Å². The van der Waals surface area contributed by atoms with Crippen LogP contribution in [0, 0.1) is 5.41 Å². The highest BCUT2D eigenvalue weighted by atomic mass is 35.5. The van der Waals surface area contributed by atoms with Crippen molar-refractivity contribution in [3.8, 4) is 0 Å². The summed E-state index contributed by atoms with van der Waals surface area (Å²) >= 11 is 6.76. The Hall–Kier alpha value is -0.490. The molecule has 0 radical (unpaired) electrons. The third-order valence-corrected chi connectivity index (χ3v) is 5.20. The summed E-state index contributed by atoms with van der Waals surface area (Å²) in [5.41, 5.74) is 3.03. The molecule has 1 atom stereocenters. The lowest BCUT2D eigenvalue weighted by atomic mass is 9.71. The van der Waals surface area contributed by atoms with E-state index < -0.39 is 0 Å². The first-order valence-corrected chi connectivity index (χ1v) is 7.82. The van der Waals surface area contributed by atoms with Gasteiger partial charge in [0.25, 0.3) is 0 Å². The molecule has 0 spiro atoms. The van der Waals surface area contributed by atoms with Crippen molar-refractivity contribution in [2.75, 3.05) is 0 Å². The van der Waals surface area contributed by atoms with Crippen molar-refractivity contribution in [3.63, 3.8) is 0 Å². The van der Waals surface area contributed by atoms with Crippen molar-refractivity contribution in [2.45, 2.75) is 64.2 Å². The Balaban J connectivity index is 2.09. The molecule has 1 heteroatoms. The minimum absolute atomic E-state index is 0.175. The van der Waals surface area contributed by atoms with Crippen LogP contribution < -0.4 is 0 Å². The van der Waals surface area contributed by atoms with Crippen molar-refractivity contribution in [1.29, 1.82) is 0 Å². The van der Waals surface area contributed by atoms with Crippen molar-refractivity contribution in [2.24, 2.45) is 5.41 Å². The summed E-state index contributed by atoms with van der Waals surface area (Å²) in [5, 5.41) is 0.175. The molecule has 0 saturated heterocycles. The Morgan fingerprint density at radius 3 is 2.28 bits per heavy atom. The molecule has 0 amide bonds. The zero-order valence-corrected chi connectivity index (χ0v) is 12.5. The summed E-state index contributed by atoms with van der Waals surface area (Å²) in [7, 11) is 0. The predicted molar refractivity (Wildman–Crippen MR) is 80.2 cm³/mol. The molecule has 0 aromatic heterocycles. The van der Waals surface area contributed by atoms with E-state index in [0.717, 1.165) is 0 Å². The maximum Gasteiger partial charge on any atom is 0.0638 e. The lowest BCUT2D eigenvalue weighted by Gasteiger charge is -2.38. The molecule has 2 rings (SSSR count). The molecule has 1 fully saturated rings. The molecular weight excluding hydrogens is 240 g/mol. The van der Waals surface area contributed by atoms with Gasteiger partial charge in [0.05, 0.1) is 5.38 Å². The van der Waals surface area contributed by atoms with Crippen molar-refractivity contribution in [3.05, 3.63) is 35.4 Å². The Morgan fingerprint density at radius 1 is 1.11 bits per heavy atom. The highest BCUT2D eigenvalue weighted by Gasteiger charge is 2.34. The van der Waals surface area contributed by atoms with Gasteiger partial charge < -0.3 is 0 Å². The van der Waals surface area contributed by atoms with Gasteiger partial charge in [-0.3, -0.25) is 0 Å². The molecular formula is C17H25Cl. The maximum absolute atomic E-state index is 6.76. The van der Waals surface area contributed by atoms with Gasteiger partial charge in [0, 0.05) is 0 Å². The molecule has 0 heterocycles. The summed E-state index contributed by atoms with van der Waals surface area (Å²) in [4.78, 5) is 0. The molecule has 0 aliphatic heterocycles. The summed E-state index contributed by atoms with van der Waals surface area (Å²) in [6.07, 6.45) is 9.00. The quantitative estimate of drug-likeness (QED) is 0.595. The van der Waals surface area contributed by atoms with E-state index in [1.54, 1.807) is 0 Å². The fraction of sp³-hybridized carbons (Fsp3) is 0.647. The summed E-state index contributed by atoms with van der Waals surface area (Å²) < 4.78 is 0. The minimum Gasteiger partial charge on any atom is -0.117 e. The lowest BCUT2D eigenvalue weighted by molar-refractivity contribution is 0.206. The maximum atomic E-state index is 6.76. The van der Waals surface area contributed by atoms with Gasteiger partial charge >= 0.3 is 0 Å². The molecule has 1 aliphatic carbocycles. The number of benzene rings is 1. The van der Waals surface area contributed by atoms with Gasteiger partial charge in [-0.2, -0.15) is 0 Å². The normalized spacial score (nSPS) is 20.6. The fourth-order valence-electron chi connectivity index (χ4n) is 3.16. The average Bonchev–Trinajstić information content (AvgIpc) is 2.40. The second-order valence-electron chi connectivity index (χ2n) is 6.07.